The summed E-state index contributed by atoms with van der Waals surface area (Å²) in [5.74, 6) is 0. The quantitative estimate of drug-likeness (QED) is 0.825. The highest BCUT2D eigenvalue weighted by Crippen LogP contribution is 2.26. The SMILES string of the molecule is CCc1ccc2[nH]cc(S(=O)(=O)Cl)c2c1. The molecule has 0 aliphatic rings. The molecule has 1 N–H and O–H groups in total. The summed E-state index contributed by atoms with van der Waals surface area (Å²) in [5.41, 5.74) is 1.87. The predicted molar refractivity (Wildman–Crippen MR) is 60.7 cm³/mol. The van der Waals surface area contributed by atoms with Crippen molar-refractivity contribution in [2.45, 2.75) is 18.2 Å². The summed E-state index contributed by atoms with van der Waals surface area (Å²) in [4.78, 5) is 3.03. The van der Waals surface area contributed by atoms with E-state index in [9.17, 15) is 8.42 Å². The van der Waals surface area contributed by atoms with Gasteiger partial charge < -0.3 is 4.98 Å². The van der Waals surface area contributed by atoms with Crippen LogP contribution in [0.25, 0.3) is 10.9 Å². The van der Waals surface area contributed by atoms with Gasteiger partial charge in [-0.1, -0.05) is 13.0 Å². The van der Waals surface area contributed by atoms with Crippen LogP contribution in [0.4, 0.5) is 0 Å². The molecule has 0 fully saturated rings. The number of aromatic amines is 1. The Kier molecular flexibility index (Phi) is 2.48. The second-order valence-electron chi connectivity index (χ2n) is 3.32. The number of hydrogen-bond acceptors (Lipinski definition) is 2. The van der Waals surface area contributed by atoms with E-state index >= 15 is 0 Å². The van der Waals surface area contributed by atoms with E-state index < -0.39 is 9.05 Å². The topological polar surface area (TPSA) is 49.9 Å². The van der Waals surface area contributed by atoms with Crippen molar-refractivity contribution in [2.24, 2.45) is 0 Å². The Morgan fingerprint density at radius 3 is 2.73 bits per heavy atom. The molecule has 2 rings (SSSR count). The fourth-order valence-corrected chi connectivity index (χ4v) is 2.58. The summed E-state index contributed by atoms with van der Waals surface area (Å²) < 4.78 is 22.5. The van der Waals surface area contributed by atoms with E-state index in [2.05, 4.69) is 4.98 Å². The molecule has 0 unspecified atom stereocenters. The molecule has 0 saturated carbocycles. The van der Waals surface area contributed by atoms with Crippen molar-refractivity contribution in [3.63, 3.8) is 0 Å². The Balaban J connectivity index is 2.78. The van der Waals surface area contributed by atoms with Gasteiger partial charge in [0.25, 0.3) is 9.05 Å². The van der Waals surface area contributed by atoms with Crippen LogP contribution in [0.2, 0.25) is 0 Å². The minimum absolute atomic E-state index is 0.148. The van der Waals surface area contributed by atoms with Crippen LogP contribution >= 0.6 is 10.7 Å². The molecule has 80 valence electrons. The minimum atomic E-state index is -3.67. The first-order chi connectivity index (χ1) is 7.02. The van der Waals surface area contributed by atoms with Gasteiger partial charge in [-0.3, -0.25) is 0 Å². The molecule has 0 aliphatic carbocycles. The number of aryl methyl sites for hydroxylation is 1. The molecule has 2 aromatic rings. The molecule has 0 bridgehead atoms. The fourth-order valence-electron chi connectivity index (χ4n) is 1.56. The maximum Gasteiger partial charge on any atom is 0.263 e. The van der Waals surface area contributed by atoms with Crippen molar-refractivity contribution < 1.29 is 8.42 Å². The number of nitrogens with one attached hydrogen (secondary N) is 1. The number of rotatable bonds is 2. The van der Waals surface area contributed by atoms with E-state index in [0.717, 1.165) is 17.5 Å². The highest BCUT2D eigenvalue weighted by atomic mass is 35.7. The Morgan fingerprint density at radius 2 is 2.13 bits per heavy atom. The van der Waals surface area contributed by atoms with E-state index in [-0.39, 0.29) is 4.90 Å². The minimum Gasteiger partial charge on any atom is -0.360 e. The molecule has 1 aromatic heterocycles. The summed E-state index contributed by atoms with van der Waals surface area (Å²) >= 11 is 0. The summed E-state index contributed by atoms with van der Waals surface area (Å²) in [6, 6.07) is 5.67. The van der Waals surface area contributed by atoms with Gasteiger partial charge in [0.05, 0.1) is 0 Å². The third-order valence-corrected chi connectivity index (χ3v) is 3.74. The van der Waals surface area contributed by atoms with Crippen LogP contribution in [-0.2, 0) is 15.5 Å². The molecule has 1 aromatic carbocycles. The maximum atomic E-state index is 11.3. The molecular weight excluding hydrogens is 234 g/mol. The van der Waals surface area contributed by atoms with Gasteiger partial charge in [-0.2, -0.15) is 0 Å². The zero-order chi connectivity index (χ0) is 11.1. The van der Waals surface area contributed by atoms with Crippen molar-refractivity contribution >= 4 is 30.6 Å². The molecule has 0 saturated heterocycles. The molecule has 15 heavy (non-hydrogen) atoms. The van der Waals surface area contributed by atoms with Gasteiger partial charge in [0, 0.05) is 27.8 Å². The van der Waals surface area contributed by atoms with Crippen molar-refractivity contribution in [1.82, 2.24) is 4.98 Å². The van der Waals surface area contributed by atoms with Crippen molar-refractivity contribution in [3.8, 4) is 0 Å². The number of benzene rings is 1. The van der Waals surface area contributed by atoms with Gasteiger partial charge >= 0.3 is 0 Å². The molecule has 0 radical (unpaired) electrons. The lowest BCUT2D eigenvalue weighted by Gasteiger charge is -1.97. The van der Waals surface area contributed by atoms with Gasteiger partial charge in [-0.25, -0.2) is 8.42 Å². The Bertz CT molecular complexity index is 601. The van der Waals surface area contributed by atoms with E-state index in [1.165, 1.54) is 6.20 Å². The summed E-state index contributed by atoms with van der Waals surface area (Å²) in [5, 5.41) is 0.657. The second kappa shape index (κ2) is 3.54. The third kappa shape index (κ3) is 1.87. The van der Waals surface area contributed by atoms with E-state index in [1.807, 2.05) is 25.1 Å². The van der Waals surface area contributed by atoms with Crippen LogP contribution in [-0.4, -0.2) is 13.4 Å². The van der Waals surface area contributed by atoms with Crippen LogP contribution in [0, 0.1) is 0 Å². The van der Waals surface area contributed by atoms with Crippen molar-refractivity contribution in [2.75, 3.05) is 0 Å². The van der Waals surface area contributed by atoms with Crippen molar-refractivity contribution in [1.29, 1.82) is 0 Å². The van der Waals surface area contributed by atoms with E-state index in [1.54, 1.807) is 0 Å². The first-order valence-corrected chi connectivity index (χ1v) is 6.88. The molecule has 1 heterocycles. The lowest BCUT2D eigenvalue weighted by Crippen LogP contribution is -1.88. The fraction of sp³-hybridized carbons (Fsp3) is 0.200. The van der Waals surface area contributed by atoms with Crippen LogP contribution in [0.1, 0.15) is 12.5 Å². The Labute approximate surface area is 92.5 Å². The summed E-state index contributed by atoms with van der Waals surface area (Å²) in [6.45, 7) is 2.02. The molecule has 3 nitrogen and oxygen atoms in total. The standard InChI is InChI=1S/C10H10ClNO2S/c1-2-7-3-4-9-8(5-7)10(6-12-9)15(11,13)14/h3-6,12H,2H2,1H3. The van der Waals surface area contributed by atoms with Gasteiger partial charge in [-0.15, -0.1) is 0 Å². The van der Waals surface area contributed by atoms with E-state index in [0.29, 0.717) is 5.39 Å². The Hall–Kier alpha value is -1.00. The summed E-state index contributed by atoms with van der Waals surface area (Å²) in [6.07, 6.45) is 2.29. The van der Waals surface area contributed by atoms with Crippen molar-refractivity contribution in [3.05, 3.63) is 30.0 Å². The number of halogens is 1. The number of aromatic nitrogens is 1. The lowest BCUT2D eigenvalue weighted by molar-refractivity contribution is 0.610. The van der Waals surface area contributed by atoms with Crippen LogP contribution in [0.15, 0.2) is 29.3 Å². The molecule has 5 heteroatoms. The highest BCUT2D eigenvalue weighted by molar-refractivity contribution is 8.14. The van der Waals surface area contributed by atoms with Gasteiger partial charge in [0.2, 0.25) is 0 Å². The normalized spacial score (nSPS) is 12.1. The van der Waals surface area contributed by atoms with Crippen LogP contribution in [0.3, 0.4) is 0 Å². The second-order valence-corrected chi connectivity index (χ2v) is 5.86. The number of hydrogen-bond donors (Lipinski definition) is 1. The number of fused-ring (bicyclic) bond motifs is 1. The number of H-pyrrole nitrogens is 1. The monoisotopic (exact) mass is 243 g/mol. The molecule has 0 amide bonds. The van der Waals surface area contributed by atoms with Crippen LogP contribution in [0.5, 0.6) is 0 Å². The average Bonchev–Trinajstić information content (AvgIpc) is 2.59. The zero-order valence-electron chi connectivity index (χ0n) is 8.12. The third-order valence-electron chi connectivity index (χ3n) is 2.38. The molecule has 0 spiro atoms. The van der Waals surface area contributed by atoms with E-state index in [4.69, 9.17) is 10.7 Å². The average molecular weight is 244 g/mol. The van der Waals surface area contributed by atoms with Gasteiger partial charge in [0.15, 0.2) is 0 Å². The Morgan fingerprint density at radius 1 is 1.40 bits per heavy atom. The maximum absolute atomic E-state index is 11.3. The first kappa shape index (κ1) is 10.5. The van der Waals surface area contributed by atoms with Gasteiger partial charge in [0.1, 0.15) is 4.90 Å². The highest BCUT2D eigenvalue weighted by Gasteiger charge is 2.15. The summed E-state index contributed by atoms with van der Waals surface area (Å²) in [7, 11) is 1.66. The molecule has 0 aliphatic heterocycles. The molecular formula is C10H10ClNO2S. The smallest absolute Gasteiger partial charge is 0.263 e. The molecule has 0 atom stereocenters. The lowest BCUT2D eigenvalue weighted by atomic mass is 10.1. The zero-order valence-corrected chi connectivity index (χ0v) is 9.69. The first-order valence-electron chi connectivity index (χ1n) is 4.57. The largest absolute Gasteiger partial charge is 0.360 e. The predicted octanol–water partition coefficient (Wildman–Crippen LogP) is 2.66. The van der Waals surface area contributed by atoms with Crippen LogP contribution < -0.4 is 0 Å². The van der Waals surface area contributed by atoms with Gasteiger partial charge in [-0.05, 0) is 24.1 Å².